The standard InChI is InChI=1S/C21H28FN5O.ClH/c1-4-11-23-20-18(21(28)25(2)3)9-10-19(24-20)27-14-12-26(13-15-27)17-7-5-16(22)6-8-17;/h5-10H,4,11-15H2,1-3H3,(H,23,24);1H. The molecule has 1 fully saturated rings. The second-order valence-corrected chi connectivity index (χ2v) is 7.14. The molecule has 29 heavy (non-hydrogen) atoms. The van der Waals surface area contributed by atoms with Gasteiger partial charge in [0.05, 0.1) is 5.56 Å². The lowest BCUT2D eigenvalue weighted by molar-refractivity contribution is 0.0828. The highest BCUT2D eigenvalue weighted by Crippen LogP contribution is 2.23. The minimum atomic E-state index is -0.217. The van der Waals surface area contributed by atoms with Gasteiger partial charge < -0.3 is 20.0 Å². The third kappa shape index (κ3) is 5.50. The first-order valence-electron chi connectivity index (χ1n) is 9.71. The molecule has 0 atom stereocenters. The second-order valence-electron chi connectivity index (χ2n) is 7.14. The lowest BCUT2D eigenvalue weighted by atomic mass is 10.2. The number of aromatic nitrogens is 1. The number of anilines is 3. The van der Waals surface area contributed by atoms with Crippen molar-refractivity contribution in [3.63, 3.8) is 0 Å². The largest absolute Gasteiger partial charge is 0.369 e. The number of benzene rings is 1. The van der Waals surface area contributed by atoms with Crippen LogP contribution in [0.1, 0.15) is 23.7 Å². The summed E-state index contributed by atoms with van der Waals surface area (Å²) in [5.74, 6) is 1.23. The fraction of sp³-hybridized carbons (Fsp3) is 0.429. The molecular formula is C21H29ClFN5O. The van der Waals surface area contributed by atoms with Crippen molar-refractivity contribution in [2.45, 2.75) is 13.3 Å². The molecule has 1 saturated heterocycles. The van der Waals surface area contributed by atoms with Crippen LogP contribution in [0, 0.1) is 5.82 Å². The highest BCUT2D eigenvalue weighted by Gasteiger charge is 2.21. The smallest absolute Gasteiger partial charge is 0.257 e. The van der Waals surface area contributed by atoms with Gasteiger partial charge in [-0.05, 0) is 42.8 Å². The van der Waals surface area contributed by atoms with Gasteiger partial charge in [0, 0.05) is 52.5 Å². The number of hydrogen-bond donors (Lipinski definition) is 1. The lowest BCUT2D eigenvalue weighted by Gasteiger charge is -2.37. The first-order valence-corrected chi connectivity index (χ1v) is 9.71. The zero-order chi connectivity index (χ0) is 20.1. The van der Waals surface area contributed by atoms with Gasteiger partial charge in [-0.3, -0.25) is 4.79 Å². The van der Waals surface area contributed by atoms with E-state index in [1.807, 2.05) is 24.3 Å². The average molecular weight is 422 g/mol. The maximum absolute atomic E-state index is 13.1. The zero-order valence-electron chi connectivity index (χ0n) is 17.2. The normalized spacial score (nSPS) is 13.7. The van der Waals surface area contributed by atoms with Gasteiger partial charge in [0.25, 0.3) is 5.91 Å². The molecule has 1 aliphatic heterocycles. The van der Waals surface area contributed by atoms with Gasteiger partial charge in [-0.2, -0.15) is 0 Å². The van der Waals surface area contributed by atoms with Crippen LogP contribution in [0.2, 0.25) is 0 Å². The number of nitrogens with one attached hydrogen (secondary N) is 1. The number of piperazine rings is 1. The summed E-state index contributed by atoms with van der Waals surface area (Å²) in [4.78, 5) is 23.2. The first-order chi connectivity index (χ1) is 13.5. The van der Waals surface area contributed by atoms with Crippen LogP contribution in [0.4, 0.5) is 21.7 Å². The highest BCUT2D eigenvalue weighted by atomic mass is 35.5. The summed E-state index contributed by atoms with van der Waals surface area (Å²) in [6, 6.07) is 10.4. The topological polar surface area (TPSA) is 51.7 Å². The van der Waals surface area contributed by atoms with E-state index < -0.39 is 0 Å². The third-order valence-electron chi connectivity index (χ3n) is 4.86. The molecule has 1 amide bonds. The second kappa shape index (κ2) is 10.3. The summed E-state index contributed by atoms with van der Waals surface area (Å²) in [5, 5.41) is 3.29. The van der Waals surface area contributed by atoms with Gasteiger partial charge >= 0.3 is 0 Å². The summed E-state index contributed by atoms with van der Waals surface area (Å²) >= 11 is 0. The van der Waals surface area contributed by atoms with Crippen LogP contribution in [0.15, 0.2) is 36.4 Å². The summed E-state index contributed by atoms with van der Waals surface area (Å²) in [5.41, 5.74) is 1.62. The Kier molecular flexibility index (Phi) is 8.08. The van der Waals surface area contributed by atoms with Crippen molar-refractivity contribution in [1.29, 1.82) is 0 Å². The van der Waals surface area contributed by atoms with Gasteiger partial charge in [0.1, 0.15) is 17.5 Å². The quantitative estimate of drug-likeness (QED) is 0.773. The molecule has 1 aromatic heterocycles. The zero-order valence-corrected chi connectivity index (χ0v) is 18.0. The van der Waals surface area contributed by atoms with Crippen LogP contribution >= 0.6 is 12.4 Å². The molecule has 3 rings (SSSR count). The molecule has 0 saturated carbocycles. The average Bonchev–Trinajstić information content (AvgIpc) is 2.72. The van der Waals surface area contributed by atoms with E-state index in [0.717, 1.165) is 50.6 Å². The summed E-state index contributed by atoms with van der Waals surface area (Å²) in [6.07, 6.45) is 0.956. The van der Waals surface area contributed by atoms with Gasteiger partial charge in [-0.25, -0.2) is 9.37 Å². The molecule has 1 aliphatic rings. The minimum Gasteiger partial charge on any atom is -0.369 e. The van der Waals surface area contributed by atoms with Crippen molar-refractivity contribution in [1.82, 2.24) is 9.88 Å². The van der Waals surface area contributed by atoms with Crippen molar-refractivity contribution < 1.29 is 9.18 Å². The van der Waals surface area contributed by atoms with Crippen LogP contribution in [0.3, 0.4) is 0 Å². The molecular weight excluding hydrogens is 393 g/mol. The fourth-order valence-electron chi connectivity index (χ4n) is 3.26. The maximum atomic E-state index is 13.1. The van der Waals surface area contributed by atoms with Crippen LogP contribution in [0.25, 0.3) is 0 Å². The van der Waals surface area contributed by atoms with E-state index in [1.54, 1.807) is 19.0 Å². The van der Waals surface area contributed by atoms with Crippen LogP contribution < -0.4 is 15.1 Å². The Morgan fingerprint density at radius 2 is 1.69 bits per heavy atom. The first kappa shape index (κ1) is 22.7. The van der Waals surface area contributed by atoms with Crippen molar-refractivity contribution in [2.75, 3.05) is 61.9 Å². The number of pyridine rings is 1. The van der Waals surface area contributed by atoms with Crippen molar-refractivity contribution in [2.24, 2.45) is 0 Å². The molecule has 1 N–H and O–H groups in total. The lowest BCUT2D eigenvalue weighted by Crippen LogP contribution is -2.46. The van der Waals surface area contributed by atoms with Gasteiger partial charge in [-0.15, -0.1) is 12.4 Å². The number of nitrogens with zero attached hydrogens (tertiary/aromatic N) is 4. The molecule has 2 aromatic rings. The molecule has 6 nitrogen and oxygen atoms in total. The Morgan fingerprint density at radius 3 is 2.28 bits per heavy atom. The highest BCUT2D eigenvalue weighted by molar-refractivity contribution is 5.98. The van der Waals surface area contributed by atoms with Crippen LogP contribution in [-0.2, 0) is 0 Å². The van der Waals surface area contributed by atoms with Crippen molar-refractivity contribution in [3.05, 3.63) is 47.8 Å². The number of carbonyl (C=O) groups excluding carboxylic acids is 1. The predicted molar refractivity (Wildman–Crippen MR) is 119 cm³/mol. The fourth-order valence-corrected chi connectivity index (χ4v) is 3.26. The summed E-state index contributed by atoms with van der Waals surface area (Å²) in [6.45, 7) is 6.16. The van der Waals surface area contributed by atoms with Crippen molar-refractivity contribution in [3.8, 4) is 0 Å². The van der Waals surface area contributed by atoms with Crippen molar-refractivity contribution >= 4 is 35.6 Å². The number of carbonyl (C=O) groups is 1. The van der Waals surface area contributed by atoms with Gasteiger partial charge in [0.15, 0.2) is 0 Å². The van der Waals surface area contributed by atoms with Crippen LogP contribution in [0.5, 0.6) is 0 Å². The molecule has 158 valence electrons. The van der Waals surface area contributed by atoms with E-state index in [2.05, 4.69) is 22.0 Å². The van der Waals surface area contributed by atoms with E-state index in [9.17, 15) is 9.18 Å². The number of halogens is 2. The van der Waals surface area contributed by atoms with E-state index in [4.69, 9.17) is 4.98 Å². The Balaban J connectivity index is 0.00000300. The van der Waals surface area contributed by atoms with Gasteiger partial charge in [-0.1, -0.05) is 6.92 Å². The Labute approximate surface area is 178 Å². The summed E-state index contributed by atoms with van der Waals surface area (Å²) in [7, 11) is 3.49. The minimum absolute atomic E-state index is 0. The maximum Gasteiger partial charge on any atom is 0.257 e. The van der Waals surface area contributed by atoms with E-state index in [1.165, 1.54) is 12.1 Å². The molecule has 0 radical (unpaired) electrons. The molecule has 1 aromatic carbocycles. The Hall–Kier alpha value is -2.54. The van der Waals surface area contributed by atoms with Gasteiger partial charge in [0.2, 0.25) is 0 Å². The number of hydrogen-bond acceptors (Lipinski definition) is 5. The SMILES string of the molecule is CCCNc1nc(N2CCN(c3ccc(F)cc3)CC2)ccc1C(=O)N(C)C.Cl. The molecule has 0 unspecified atom stereocenters. The Morgan fingerprint density at radius 1 is 1.07 bits per heavy atom. The third-order valence-corrected chi connectivity index (χ3v) is 4.86. The van der Waals surface area contributed by atoms with E-state index >= 15 is 0 Å². The number of amides is 1. The summed E-state index contributed by atoms with van der Waals surface area (Å²) < 4.78 is 13.1. The van der Waals surface area contributed by atoms with E-state index in [0.29, 0.717) is 11.4 Å². The van der Waals surface area contributed by atoms with Crippen LogP contribution in [-0.4, -0.2) is 62.6 Å². The monoisotopic (exact) mass is 421 g/mol. The molecule has 0 bridgehead atoms. The predicted octanol–water partition coefficient (Wildman–Crippen LogP) is 3.49. The molecule has 2 heterocycles. The molecule has 8 heteroatoms. The number of rotatable bonds is 6. The van der Waals surface area contributed by atoms with E-state index in [-0.39, 0.29) is 24.1 Å². The molecule has 0 aliphatic carbocycles. The molecule has 0 spiro atoms. The Bertz CT molecular complexity index is 807.